The molecule has 0 fully saturated rings. The predicted molar refractivity (Wildman–Crippen MR) is 61.1 cm³/mol. The standard InChI is InChI=1S/C11H19N3O2/c1-3-4-12-5-6-13-11(15)8-10-7-9(2)16-14-10/h7,12H,3-6,8H2,1-2H3,(H,13,15). The van der Waals surface area contributed by atoms with Crippen LogP contribution in [0.3, 0.4) is 0 Å². The van der Waals surface area contributed by atoms with Crippen LogP contribution in [-0.2, 0) is 11.2 Å². The van der Waals surface area contributed by atoms with Gasteiger partial charge in [0.2, 0.25) is 5.91 Å². The first-order valence-corrected chi connectivity index (χ1v) is 5.62. The summed E-state index contributed by atoms with van der Waals surface area (Å²) in [4.78, 5) is 11.4. The number of aryl methyl sites for hydroxylation is 1. The van der Waals surface area contributed by atoms with Crippen LogP contribution in [-0.4, -0.2) is 30.7 Å². The molecule has 0 bridgehead atoms. The fourth-order valence-corrected chi connectivity index (χ4v) is 1.32. The van der Waals surface area contributed by atoms with Gasteiger partial charge in [0.1, 0.15) is 5.76 Å². The molecule has 1 heterocycles. The molecule has 2 N–H and O–H groups in total. The lowest BCUT2D eigenvalue weighted by Crippen LogP contribution is -2.33. The first kappa shape index (κ1) is 12.7. The van der Waals surface area contributed by atoms with Gasteiger partial charge in [-0.2, -0.15) is 0 Å². The molecule has 0 unspecified atom stereocenters. The number of carbonyl (C=O) groups is 1. The Hall–Kier alpha value is -1.36. The van der Waals surface area contributed by atoms with E-state index in [2.05, 4.69) is 22.7 Å². The molecule has 0 saturated heterocycles. The lowest BCUT2D eigenvalue weighted by molar-refractivity contribution is -0.120. The van der Waals surface area contributed by atoms with Crippen molar-refractivity contribution < 1.29 is 9.32 Å². The van der Waals surface area contributed by atoms with E-state index >= 15 is 0 Å². The average molecular weight is 225 g/mol. The van der Waals surface area contributed by atoms with Crippen molar-refractivity contribution in [3.05, 3.63) is 17.5 Å². The zero-order valence-electron chi connectivity index (χ0n) is 9.88. The van der Waals surface area contributed by atoms with Crippen LogP contribution in [0.1, 0.15) is 24.8 Å². The van der Waals surface area contributed by atoms with Crippen LogP contribution < -0.4 is 10.6 Å². The Labute approximate surface area is 95.6 Å². The molecule has 1 amide bonds. The van der Waals surface area contributed by atoms with Gasteiger partial charge in [-0.25, -0.2) is 0 Å². The molecule has 0 atom stereocenters. The van der Waals surface area contributed by atoms with Gasteiger partial charge in [-0.1, -0.05) is 12.1 Å². The number of amides is 1. The second kappa shape index (κ2) is 7.00. The lowest BCUT2D eigenvalue weighted by Gasteiger charge is -2.04. The van der Waals surface area contributed by atoms with Crippen LogP contribution in [0.15, 0.2) is 10.6 Å². The van der Waals surface area contributed by atoms with E-state index in [9.17, 15) is 4.79 Å². The molecule has 0 aliphatic rings. The molecule has 0 aromatic carbocycles. The first-order chi connectivity index (χ1) is 7.72. The number of hydrogen-bond donors (Lipinski definition) is 2. The van der Waals surface area contributed by atoms with Crippen molar-refractivity contribution in [2.24, 2.45) is 0 Å². The van der Waals surface area contributed by atoms with Crippen molar-refractivity contribution in [2.75, 3.05) is 19.6 Å². The summed E-state index contributed by atoms with van der Waals surface area (Å²) in [7, 11) is 0. The van der Waals surface area contributed by atoms with Gasteiger partial charge in [0.25, 0.3) is 0 Å². The van der Waals surface area contributed by atoms with Crippen LogP contribution in [0.4, 0.5) is 0 Å². The number of carbonyl (C=O) groups excluding carboxylic acids is 1. The van der Waals surface area contributed by atoms with E-state index in [4.69, 9.17) is 4.52 Å². The normalized spacial score (nSPS) is 10.4. The third kappa shape index (κ3) is 4.93. The van der Waals surface area contributed by atoms with Crippen molar-refractivity contribution >= 4 is 5.91 Å². The Bertz CT molecular complexity index is 323. The highest BCUT2D eigenvalue weighted by Gasteiger charge is 2.06. The molecular weight excluding hydrogens is 206 g/mol. The maximum atomic E-state index is 11.4. The third-order valence-electron chi connectivity index (χ3n) is 2.07. The van der Waals surface area contributed by atoms with Gasteiger partial charge < -0.3 is 15.2 Å². The van der Waals surface area contributed by atoms with Crippen molar-refractivity contribution in [1.29, 1.82) is 0 Å². The van der Waals surface area contributed by atoms with Crippen LogP contribution >= 0.6 is 0 Å². The fourth-order valence-electron chi connectivity index (χ4n) is 1.32. The fraction of sp³-hybridized carbons (Fsp3) is 0.636. The Balaban J connectivity index is 2.11. The second-order valence-electron chi connectivity index (χ2n) is 3.71. The molecule has 0 spiro atoms. The minimum absolute atomic E-state index is 0.0217. The smallest absolute Gasteiger partial charge is 0.226 e. The van der Waals surface area contributed by atoms with Gasteiger partial charge in [-0.15, -0.1) is 0 Å². The zero-order valence-corrected chi connectivity index (χ0v) is 9.88. The van der Waals surface area contributed by atoms with Gasteiger partial charge in [0.05, 0.1) is 12.1 Å². The van der Waals surface area contributed by atoms with Crippen molar-refractivity contribution in [3.63, 3.8) is 0 Å². The molecule has 1 aromatic rings. The van der Waals surface area contributed by atoms with E-state index in [-0.39, 0.29) is 12.3 Å². The first-order valence-electron chi connectivity index (χ1n) is 5.62. The Morgan fingerprint density at radius 1 is 1.44 bits per heavy atom. The molecule has 90 valence electrons. The highest BCUT2D eigenvalue weighted by Crippen LogP contribution is 2.01. The van der Waals surface area contributed by atoms with E-state index in [1.165, 1.54) is 0 Å². The number of nitrogens with zero attached hydrogens (tertiary/aromatic N) is 1. The summed E-state index contributed by atoms with van der Waals surface area (Å²) >= 11 is 0. The van der Waals surface area contributed by atoms with E-state index in [0.717, 1.165) is 25.3 Å². The molecule has 5 nitrogen and oxygen atoms in total. The monoisotopic (exact) mass is 225 g/mol. The van der Waals surface area contributed by atoms with E-state index in [1.54, 1.807) is 6.07 Å². The molecule has 1 aromatic heterocycles. The Kier molecular flexibility index (Phi) is 5.56. The van der Waals surface area contributed by atoms with Crippen LogP contribution in [0.25, 0.3) is 0 Å². The Morgan fingerprint density at radius 3 is 2.88 bits per heavy atom. The zero-order chi connectivity index (χ0) is 11.8. The summed E-state index contributed by atoms with van der Waals surface area (Å²) in [5, 5.41) is 9.79. The molecule has 0 aliphatic carbocycles. The quantitative estimate of drug-likeness (QED) is 0.668. The second-order valence-corrected chi connectivity index (χ2v) is 3.71. The predicted octanol–water partition coefficient (Wildman–Crippen LogP) is 0.641. The number of aromatic nitrogens is 1. The van der Waals surface area contributed by atoms with Gasteiger partial charge in [-0.05, 0) is 19.9 Å². The van der Waals surface area contributed by atoms with Gasteiger partial charge in [0.15, 0.2) is 0 Å². The van der Waals surface area contributed by atoms with E-state index < -0.39 is 0 Å². The maximum Gasteiger partial charge on any atom is 0.226 e. The molecule has 0 radical (unpaired) electrons. The number of nitrogens with one attached hydrogen (secondary N) is 2. The molecule has 1 rings (SSSR count). The Morgan fingerprint density at radius 2 is 2.25 bits per heavy atom. The number of hydrogen-bond acceptors (Lipinski definition) is 4. The highest BCUT2D eigenvalue weighted by molar-refractivity contribution is 5.78. The lowest BCUT2D eigenvalue weighted by atomic mass is 10.3. The van der Waals surface area contributed by atoms with Gasteiger partial charge in [0, 0.05) is 19.2 Å². The number of rotatable bonds is 7. The van der Waals surface area contributed by atoms with E-state index in [1.807, 2.05) is 6.92 Å². The molecule has 0 saturated carbocycles. The van der Waals surface area contributed by atoms with E-state index in [0.29, 0.717) is 12.2 Å². The van der Waals surface area contributed by atoms with Gasteiger partial charge >= 0.3 is 0 Å². The summed E-state index contributed by atoms with van der Waals surface area (Å²) in [5.74, 6) is 0.707. The highest BCUT2D eigenvalue weighted by atomic mass is 16.5. The van der Waals surface area contributed by atoms with Crippen molar-refractivity contribution in [2.45, 2.75) is 26.7 Å². The van der Waals surface area contributed by atoms with Gasteiger partial charge in [-0.3, -0.25) is 4.79 Å². The summed E-state index contributed by atoms with van der Waals surface area (Å²) < 4.78 is 4.88. The molecule has 5 heteroatoms. The summed E-state index contributed by atoms with van der Waals surface area (Å²) in [5.41, 5.74) is 0.677. The molecule has 16 heavy (non-hydrogen) atoms. The third-order valence-corrected chi connectivity index (χ3v) is 2.07. The van der Waals surface area contributed by atoms with Crippen LogP contribution in [0.5, 0.6) is 0 Å². The topological polar surface area (TPSA) is 67.2 Å². The summed E-state index contributed by atoms with van der Waals surface area (Å²) in [6.07, 6.45) is 1.39. The minimum atomic E-state index is -0.0217. The summed E-state index contributed by atoms with van der Waals surface area (Å²) in [6.45, 7) is 6.35. The summed E-state index contributed by atoms with van der Waals surface area (Å²) in [6, 6.07) is 1.77. The van der Waals surface area contributed by atoms with Crippen LogP contribution in [0, 0.1) is 6.92 Å². The van der Waals surface area contributed by atoms with Crippen molar-refractivity contribution in [1.82, 2.24) is 15.8 Å². The maximum absolute atomic E-state index is 11.4. The largest absolute Gasteiger partial charge is 0.361 e. The minimum Gasteiger partial charge on any atom is -0.361 e. The molecule has 0 aliphatic heterocycles. The SMILES string of the molecule is CCCNCCNC(=O)Cc1cc(C)on1. The van der Waals surface area contributed by atoms with Crippen LogP contribution in [0.2, 0.25) is 0 Å². The van der Waals surface area contributed by atoms with Crippen molar-refractivity contribution in [3.8, 4) is 0 Å². The molecular formula is C11H19N3O2. The average Bonchev–Trinajstić information content (AvgIpc) is 2.63.